The third-order valence-corrected chi connectivity index (χ3v) is 6.15. The lowest BCUT2D eigenvalue weighted by Gasteiger charge is -2.03. The average Bonchev–Trinajstić information content (AvgIpc) is 3.03. The molecule has 4 nitrogen and oxygen atoms in total. The van der Waals surface area contributed by atoms with Gasteiger partial charge in [-0.25, -0.2) is 0 Å². The Kier molecular flexibility index (Phi) is 5.96. The molecule has 1 amide bonds. The zero-order valence-corrected chi connectivity index (χ0v) is 16.3. The Morgan fingerprint density at radius 2 is 1.96 bits per heavy atom. The summed E-state index contributed by atoms with van der Waals surface area (Å²) >= 11 is 14.8. The van der Waals surface area contributed by atoms with E-state index >= 15 is 0 Å². The fourth-order valence-electron chi connectivity index (χ4n) is 2.09. The minimum atomic E-state index is -0.185. The molecule has 0 spiro atoms. The van der Waals surface area contributed by atoms with Gasteiger partial charge in [0.2, 0.25) is 5.13 Å². The third kappa shape index (κ3) is 4.73. The Bertz CT molecular complexity index is 914. The summed E-state index contributed by atoms with van der Waals surface area (Å²) in [7, 11) is 0. The maximum atomic E-state index is 12.3. The van der Waals surface area contributed by atoms with E-state index in [1.807, 2.05) is 37.3 Å². The van der Waals surface area contributed by atoms with Crippen molar-refractivity contribution in [3.63, 3.8) is 0 Å². The van der Waals surface area contributed by atoms with E-state index in [0.29, 0.717) is 26.5 Å². The van der Waals surface area contributed by atoms with Crippen molar-refractivity contribution in [1.29, 1.82) is 0 Å². The Morgan fingerprint density at radius 3 is 2.72 bits per heavy atom. The molecule has 0 radical (unpaired) electrons. The number of rotatable bonds is 5. The number of hydrogen-bond donors (Lipinski definition) is 1. The predicted octanol–water partition coefficient (Wildman–Crippen LogP) is 5.70. The van der Waals surface area contributed by atoms with Crippen LogP contribution in [0.2, 0.25) is 10.0 Å². The summed E-state index contributed by atoms with van der Waals surface area (Å²) in [5, 5.41) is 12.5. The van der Waals surface area contributed by atoms with Gasteiger partial charge in [0, 0.05) is 11.3 Å². The van der Waals surface area contributed by atoms with Crippen LogP contribution in [0, 0.1) is 6.92 Å². The standard InChI is InChI=1S/C17H13Cl2N3OS2/c1-10-4-2-3-5-12(10)15(23)20-16-21-22-17(25-16)24-9-11-6-7-13(18)14(19)8-11/h2-8H,9H2,1H3,(H,20,21,23). The number of carbonyl (C=O) groups excluding carboxylic acids is 1. The first kappa shape index (κ1) is 18.2. The van der Waals surface area contributed by atoms with Gasteiger partial charge in [0.1, 0.15) is 0 Å². The van der Waals surface area contributed by atoms with Crippen molar-refractivity contribution < 1.29 is 4.79 Å². The van der Waals surface area contributed by atoms with Gasteiger partial charge in [-0.2, -0.15) is 0 Å². The van der Waals surface area contributed by atoms with Crippen molar-refractivity contribution in [1.82, 2.24) is 10.2 Å². The highest BCUT2D eigenvalue weighted by atomic mass is 35.5. The normalized spacial score (nSPS) is 10.7. The number of aryl methyl sites for hydroxylation is 1. The molecule has 0 aliphatic heterocycles. The number of hydrogen-bond acceptors (Lipinski definition) is 5. The second-order valence-electron chi connectivity index (χ2n) is 5.18. The molecule has 8 heteroatoms. The van der Waals surface area contributed by atoms with Crippen LogP contribution in [0.15, 0.2) is 46.8 Å². The average molecular weight is 410 g/mol. The molecule has 0 aliphatic carbocycles. The van der Waals surface area contributed by atoms with Gasteiger partial charge in [0.05, 0.1) is 10.0 Å². The van der Waals surface area contributed by atoms with Crippen LogP contribution in [0.3, 0.4) is 0 Å². The van der Waals surface area contributed by atoms with E-state index in [4.69, 9.17) is 23.2 Å². The number of amides is 1. The van der Waals surface area contributed by atoms with Gasteiger partial charge in [-0.05, 0) is 36.2 Å². The van der Waals surface area contributed by atoms with Crippen molar-refractivity contribution >= 4 is 57.3 Å². The molecule has 128 valence electrons. The summed E-state index contributed by atoms with van der Waals surface area (Å²) in [5.74, 6) is 0.507. The van der Waals surface area contributed by atoms with Crippen LogP contribution in [0.4, 0.5) is 5.13 Å². The van der Waals surface area contributed by atoms with Gasteiger partial charge in [0.15, 0.2) is 4.34 Å². The molecule has 0 fully saturated rings. The molecule has 1 N–H and O–H groups in total. The van der Waals surface area contributed by atoms with Gasteiger partial charge in [-0.15, -0.1) is 10.2 Å². The molecular weight excluding hydrogens is 397 g/mol. The molecule has 1 aromatic heterocycles. The Morgan fingerprint density at radius 1 is 1.16 bits per heavy atom. The van der Waals surface area contributed by atoms with Crippen LogP contribution >= 0.6 is 46.3 Å². The van der Waals surface area contributed by atoms with Crippen molar-refractivity contribution in [2.75, 3.05) is 5.32 Å². The molecule has 0 saturated heterocycles. The van der Waals surface area contributed by atoms with Crippen LogP contribution in [-0.2, 0) is 5.75 Å². The molecule has 25 heavy (non-hydrogen) atoms. The number of nitrogens with zero attached hydrogens (tertiary/aromatic N) is 2. The van der Waals surface area contributed by atoms with E-state index in [9.17, 15) is 4.79 Å². The van der Waals surface area contributed by atoms with Gasteiger partial charge >= 0.3 is 0 Å². The maximum Gasteiger partial charge on any atom is 0.257 e. The number of anilines is 1. The van der Waals surface area contributed by atoms with E-state index < -0.39 is 0 Å². The highest BCUT2D eigenvalue weighted by molar-refractivity contribution is 8.00. The summed E-state index contributed by atoms with van der Waals surface area (Å²) < 4.78 is 0.770. The topological polar surface area (TPSA) is 54.9 Å². The van der Waals surface area contributed by atoms with Crippen LogP contribution in [0.25, 0.3) is 0 Å². The minimum absolute atomic E-state index is 0.185. The Labute approximate surface area is 163 Å². The molecule has 0 bridgehead atoms. The second-order valence-corrected chi connectivity index (χ2v) is 8.19. The van der Waals surface area contributed by atoms with Crippen LogP contribution in [0.1, 0.15) is 21.5 Å². The summed E-state index contributed by atoms with van der Waals surface area (Å²) in [6.07, 6.45) is 0. The van der Waals surface area contributed by atoms with Crippen molar-refractivity contribution in [3.05, 3.63) is 69.2 Å². The maximum absolute atomic E-state index is 12.3. The van der Waals surface area contributed by atoms with Gasteiger partial charge in [0.25, 0.3) is 5.91 Å². The van der Waals surface area contributed by atoms with E-state index in [0.717, 1.165) is 15.5 Å². The quantitative estimate of drug-likeness (QED) is 0.433. The molecule has 3 rings (SSSR count). The Balaban J connectivity index is 1.61. The highest BCUT2D eigenvalue weighted by Gasteiger charge is 2.12. The van der Waals surface area contributed by atoms with Crippen LogP contribution in [0.5, 0.6) is 0 Å². The van der Waals surface area contributed by atoms with Gasteiger partial charge in [-0.3, -0.25) is 10.1 Å². The molecule has 2 aromatic carbocycles. The van der Waals surface area contributed by atoms with Crippen molar-refractivity contribution in [3.8, 4) is 0 Å². The second kappa shape index (κ2) is 8.19. The lowest BCUT2D eigenvalue weighted by Crippen LogP contribution is -2.12. The Hall–Kier alpha value is -1.60. The lowest BCUT2D eigenvalue weighted by molar-refractivity contribution is 0.102. The number of benzene rings is 2. The summed E-state index contributed by atoms with van der Waals surface area (Å²) in [5.41, 5.74) is 2.58. The van der Waals surface area contributed by atoms with Gasteiger partial charge < -0.3 is 0 Å². The molecular formula is C17H13Cl2N3OS2. The number of thioether (sulfide) groups is 1. The van der Waals surface area contributed by atoms with E-state index in [1.54, 1.807) is 12.1 Å². The molecule has 0 aliphatic rings. The minimum Gasteiger partial charge on any atom is -0.296 e. The predicted molar refractivity (Wildman–Crippen MR) is 105 cm³/mol. The number of nitrogens with one attached hydrogen (secondary N) is 1. The number of halogens is 2. The molecule has 1 heterocycles. The highest BCUT2D eigenvalue weighted by Crippen LogP contribution is 2.30. The zero-order chi connectivity index (χ0) is 17.8. The SMILES string of the molecule is Cc1ccccc1C(=O)Nc1nnc(SCc2ccc(Cl)c(Cl)c2)s1. The fourth-order valence-corrected chi connectivity index (χ4v) is 4.10. The van der Waals surface area contributed by atoms with Crippen LogP contribution < -0.4 is 5.32 Å². The number of carbonyl (C=O) groups is 1. The third-order valence-electron chi connectivity index (χ3n) is 3.36. The lowest BCUT2D eigenvalue weighted by atomic mass is 10.1. The van der Waals surface area contributed by atoms with E-state index in [1.165, 1.54) is 23.1 Å². The first-order valence-corrected chi connectivity index (χ1v) is 9.86. The monoisotopic (exact) mass is 409 g/mol. The largest absolute Gasteiger partial charge is 0.296 e. The van der Waals surface area contributed by atoms with E-state index in [2.05, 4.69) is 15.5 Å². The summed E-state index contributed by atoms with van der Waals surface area (Å²) in [6, 6.07) is 12.9. The van der Waals surface area contributed by atoms with Crippen molar-refractivity contribution in [2.24, 2.45) is 0 Å². The first-order chi connectivity index (χ1) is 12.0. The van der Waals surface area contributed by atoms with E-state index in [-0.39, 0.29) is 5.91 Å². The molecule has 3 aromatic rings. The molecule has 0 unspecified atom stereocenters. The summed E-state index contributed by atoms with van der Waals surface area (Å²) in [6.45, 7) is 1.90. The number of aromatic nitrogens is 2. The summed E-state index contributed by atoms with van der Waals surface area (Å²) in [4.78, 5) is 12.3. The van der Waals surface area contributed by atoms with Crippen LogP contribution in [-0.4, -0.2) is 16.1 Å². The molecule has 0 atom stereocenters. The van der Waals surface area contributed by atoms with Gasteiger partial charge in [-0.1, -0.05) is 70.6 Å². The smallest absolute Gasteiger partial charge is 0.257 e. The zero-order valence-electron chi connectivity index (χ0n) is 13.1. The van der Waals surface area contributed by atoms with Crippen molar-refractivity contribution in [2.45, 2.75) is 17.0 Å². The fraction of sp³-hybridized carbons (Fsp3) is 0.118. The molecule has 0 saturated carbocycles. The first-order valence-electron chi connectivity index (χ1n) is 7.30.